The van der Waals surface area contributed by atoms with Crippen LogP contribution in [0.3, 0.4) is 0 Å². The zero-order chi connectivity index (χ0) is 19.0. The Hall–Kier alpha value is -1.52. The largest absolute Gasteiger partial charge is 0.462 e. The van der Waals surface area contributed by atoms with Crippen LogP contribution in [-0.4, -0.2) is 48.2 Å². The molecule has 25 heavy (non-hydrogen) atoms. The van der Waals surface area contributed by atoms with E-state index < -0.39 is 43.1 Å². The van der Waals surface area contributed by atoms with E-state index in [1.807, 2.05) is 0 Å². The summed E-state index contributed by atoms with van der Waals surface area (Å²) >= 11 is 0. The van der Waals surface area contributed by atoms with Crippen molar-refractivity contribution in [3.63, 3.8) is 0 Å². The van der Waals surface area contributed by atoms with Gasteiger partial charge in [-0.25, -0.2) is 4.79 Å². The van der Waals surface area contributed by atoms with Crippen molar-refractivity contribution in [2.75, 3.05) is 13.2 Å². The summed E-state index contributed by atoms with van der Waals surface area (Å²) in [4.78, 5) is 22.9. The van der Waals surface area contributed by atoms with Crippen molar-refractivity contribution >= 4 is 11.9 Å². The topological polar surface area (TPSA) is 72.8 Å². The minimum atomic E-state index is -6.30. The molecule has 2 saturated carbocycles. The molecule has 3 unspecified atom stereocenters. The molecule has 11 heteroatoms. The van der Waals surface area contributed by atoms with Crippen LogP contribution in [0.25, 0.3) is 0 Å². The van der Waals surface area contributed by atoms with Crippen molar-refractivity contribution in [2.24, 2.45) is 17.8 Å². The molecule has 0 heterocycles. The third kappa shape index (κ3) is 3.70. The monoisotopic (exact) mass is 378 g/mol. The fourth-order valence-corrected chi connectivity index (χ4v) is 3.41. The van der Waals surface area contributed by atoms with E-state index in [0.717, 1.165) is 19.3 Å². The number of ether oxygens (including phenoxy) is 2. The first-order chi connectivity index (χ1) is 11.4. The highest BCUT2D eigenvalue weighted by molar-refractivity contribution is 5.81. The van der Waals surface area contributed by atoms with Crippen molar-refractivity contribution in [2.45, 2.75) is 43.6 Å². The number of esters is 2. The predicted octanol–water partition coefficient (Wildman–Crippen LogP) is 2.36. The fourth-order valence-electron chi connectivity index (χ4n) is 3.41. The third-order valence-corrected chi connectivity index (χ3v) is 4.72. The highest BCUT2D eigenvalue weighted by Gasteiger charge is 2.76. The van der Waals surface area contributed by atoms with E-state index >= 15 is 0 Å². The third-order valence-electron chi connectivity index (χ3n) is 4.72. The van der Waals surface area contributed by atoms with Crippen molar-refractivity contribution < 1.29 is 50.5 Å². The molecule has 2 bridgehead atoms. The van der Waals surface area contributed by atoms with Crippen LogP contribution in [0.1, 0.15) is 25.7 Å². The summed E-state index contributed by atoms with van der Waals surface area (Å²) in [5, 5.41) is 8.77. The molecule has 0 amide bonds. The van der Waals surface area contributed by atoms with Crippen molar-refractivity contribution in [3.05, 3.63) is 0 Å². The first kappa shape index (κ1) is 19.8. The van der Waals surface area contributed by atoms with Gasteiger partial charge < -0.3 is 14.6 Å². The first-order valence-electron chi connectivity index (χ1n) is 7.57. The van der Waals surface area contributed by atoms with Crippen LogP contribution >= 0.6 is 0 Å². The van der Waals surface area contributed by atoms with Gasteiger partial charge in [0.05, 0.1) is 5.92 Å². The Bertz CT molecular complexity index is 515. The zero-order valence-electron chi connectivity index (χ0n) is 12.8. The second-order valence-corrected chi connectivity index (χ2v) is 6.29. The molecule has 144 valence electrons. The van der Waals surface area contributed by atoms with Crippen molar-refractivity contribution in [1.29, 1.82) is 0 Å². The summed E-state index contributed by atoms with van der Waals surface area (Å²) in [6.45, 7) is -1.72. The van der Waals surface area contributed by atoms with Gasteiger partial charge in [-0.05, 0) is 31.1 Å². The molecular formula is C14H16F6O5. The summed E-state index contributed by atoms with van der Waals surface area (Å²) in [5.74, 6) is -3.24. The molecule has 1 N–H and O–H groups in total. The van der Waals surface area contributed by atoms with Crippen LogP contribution < -0.4 is 0 Å². The number of rotatable bonds is 5. The highest BCUT2D eigenvalue weighted by atomic mass is 19.4. The lowest BCUT2D eigenvalue weighted by Gasteiger charge is -2.29. The number of alkyl halides is 6. The van der Waals surface area contributed by atoms with Crippen LogP contribution in [0.4, 0.5) is 26.3 Å². The lowest BCUT2D eigenvalue weighted by molar-refractivity contribution is -0.357. The van der Waals surface area contributed by atoms with Gasteiger partial charge >= 0.3 is 29.9 Å². The number of carbonyl (C=O) groups is 2. The molecule has 0 aromatic heterocycles. The molecule has 0 aromatic carbocycles. The SMILES string of the molecule is O=C(OCCOC(=O)C(O)(C(F)(F)F)C(F)(F)F)C1CC2CCC1C2. The smallest absolute Gasteiger partial charge is 0.437 e. The van der Waals surface area contributed by atoms with E-state index in [9.17, 15) is 35.9 Å². The van der Waals surface area contributed by atoms with Gasteiger partial charge in [-0.1, -0.05) is 6.42 Å². The summed E-state index contributed by atoms with van der Waals surface area (Å²) < 4.78 is 83.1. The number of hydrogen-bond acceptors (Lipinski definition) is 5. The molecular weight excluding hydrogens is 362 g/mol. The molecule has 2 rings (SSSR count). The predicted molar refractivity (Wildman–Crippen MR) is 67.9 cm³/mol. The lowest BCUT2D eigenvalue weighted by Crippen LogP contribution is -2.63. The average molecular weight is 378 g/mol. The number of carbonyl (C=O) groups excluding carboxylic acids is 2. The quantitative estimate of drug-likeness (QED) is 0.452. The Kier molecular flexibility index (Phi) is 5.27. The summed E-state index contributed by atoms with van der Waals surface area (Å²) in [7, 11) is 0. The van der Waals surface area contributed by atoms with Gasteiger partial charge in [0.15, 0.2) is 0 Å². The van der Waals surface area contributed by atoms with E-state index in [1.165, 1.54) is 0 Å². The molecule has 2 aliphatic carbocycles. The molecule has 2 fully saturated rings. The van der Waals surface area contributed by atoms with Crippen LogP contribution in [0.2, 0.25) is 0 Å². The molecule has 0 radical (unpaired) electrons. The highest BCUT2D eigenvalue weighted by Crippen LogP contribution is 2.48. The standard InChI is InChI=1S/C14H16F6O5/c15-13(16,17)12(23,14(18,19)20)11(22)25-4-3-24-10(21)9-6-7-1-2-8(9)5-7/h7-9,23H,1-6H2. The lowest BCUT2D eigenvalue weighted by atomic mass is 9.89. The number of aliphatic hydroxyl groups is 1. The molecule has 5 nitrogen and oxygen atoms in total. The number of hydrogen-bond donors (Lipinski definition) is 1. The Morgan fingerprint density at radius 3 is 1.92 bits per heavy atom. The number of fused-ring (bicyclic) bond motifs is 2. The second-order valence-electron chi connectivity index (χ2n) is 6.29. The van der Waals surface area contributed by atoms with Gasteiger partial charge in [-0.2, -0.15) is 26.3 Å². The molecule has 2 aliphatic rings. The van der Waals surface area contributed by atoms with Gasteiger partial charge in [0.2, 0.25) is 0 Å². The van der Waals surface area contributed by atoms with Crippen LogP contribution in [0.5, 0.6) is 0 Å². The maximum Gasteiger partial charge on any atom is 0.437 e. The van der Waals surface area contributed by atoms with Gasteiger partial charge in [0.25, 0.3) is 0 Å². The average Bonchev–Trinajstić information content (AvgIpc) is 3.10. The second kappa shape index (κ2) is 6.65. The van der Waals surface area contributed by atoms with Gasteiger partial charge in [-0.15, -0.1) is 0 Å². The summed E-state index contributed by atoms with van der Waals surface area (Å²) in [6.07, 6.45) is -9.16. The van der Waals surface area contributed by atoms with Crippen LogP contribution in [-0.2, 0) is 19.1 Å². The Labute approximate surface area is 138 Å². The molecule has 3 atom stereocenters. The molecule has 0 aliphatic heterocycles. The molecule has 0 spiro atoms. The molecule has 0 aromatic rings. The van der Waals surface area contributed by atoms with Crippen molar-refractivity contribution in [1.82, 2.24) is 0 Å². The van der Waals surface area contributed by atoms with Gasteiger partial charge in [0, 0.05) is 0 Å². The normalized spacial score (nSPS) is 26.6. The van der Waals surface area contributed by atoms with Gasteiger partial charge in [-0.3, -0.25) is 4.79 Å². The van der Waals surface area contributed by atoms with Crippen molar-refractivity contribution in [3.8, 4) is 0 Å². The van der Waals surface area contributed by atoms with E-state index in [2.05, 4.69) is 4.74 Å². The minimum absolute atomic E-state index is 0.181. The van der Waals surface area contributed by atoms with E-state index in [-0.39, 0.29) is 11.8 Å². The fraction of sp³-hybridized carbons (Fsp3) is 0.857. The summed E-state index contributed by atoms with van der Waals surface area (Å²) in [5.41, 5.74) is -5.63. The Morgan fingerprint density at radius 2 is 1.48 bits per heavy atom. The first-order valence-corrected chi connectivity index (χ1v) is 7.57. The van der Waals surface area contributed by atoms with E-state index in [1.54, 1.807) is 0 Å². The van der Waals surface area contributed by atoms with Gasteiger partial charge in [0.1, 0.15) is 13.2 Å². The number of halogens is 6. The molecule has 0 saturated heterocycles. The van der Waals surface area contributed by atoms with Crippen LogP contribution in [0.15, 0.2) is 0 Å². The maximum absolute atomic E-state index is 12.4. The Morgan fingerprint density at radius 1 is 0.920 bits per heavy atom. The summed E-state index contributed by atoms with van der Waals surface area (Å²) in [6, 6.07) is 0. The van der Waals surface area contributed by atoms with E-state index in [0.29, 0.717) is 12.3 Å². The minimum Gasteiger partial charge on any atom is -0.462 e. The zero-order valence-corrected chi connectivity index (χ0v) is 12.8. The Balaban J connectivity index is 1.82. The van der Waals surface area contributed by atoms with Crippen LogP contribution in [0, 0.1) is 17.8 Å². The van der Waals surface area contributed by atoms with E-state index in [4.69, 9.17) is 9.84 Å². The maximum atomic E-state index is 12.4.